The molecule has 0 aromatic carbocycles. The van der Waals surface area contributed by atoms with Crippen LogP contribution in [-0.4, -0.2) is 36.6 Å². The molecule has 2 atom stereocenters. The molecular formula is C14H22N4O. The molecule has 1 saturated heterocycles. The number of piperazine rings is 1. The third-order valence-corrected chi connectivity index (χ3v) is 3.56. The summed E-state index contributed by atoms with van der Waals surface area (Å²) in [6, 6.07) is 4.20. The van der Waals surface area contributed by atoms with Crippen LogP contribution in [0.2, 0.25) is 0 Å². The van der Waals surface area contributed by atoms with Crippen LogP contribution in [0.4, 0.5) is 5.69 Å². The van der Waals surface area contributed by atoms with Gasteiger partial charge in [-0.2, -0.15) is 0 Å². The number of nitrogens with zero attached hydrogens (tertiary/aromatic N) is 2. The maximum absolute atomic E-state index is 11.7. The van der Waals surface area contributed by atoms with Gasteiger partial charge in [0.1, 0.15) is 6.04 Å². The molecule has 2 heterocycles. The number of hydrogen-bond donors (Lipinski definition) is 2. The standard InChI is InChI=1S/C14H22N4O/c1-4-15-10(2)13-6-5-12(9-17-13)18-8-7-16-14(19)11(18)3/h5-6,9-11,15H,4,7-8H2,1-3H3,(H,16,19). The number of nitrogens with one attached hydrogen (secondary N) is 2. The molecule has 0 spiro atoms. The average Bonchev–Trinajstić information content (AvgIpc) is 2.42. The van der Waals surface area contributed by atoms with Crippen molar-refractivity contribution in [2.45, 2.75) is 32.9 Å². The molecule has 0 bridgehead atoms. The highest BCUT2D eigenvalue weighted by Gasteiger charge is 2.25. The summed E-state index contributed by atoms with van der Waals surface area (Å²) in [4.78, 5) is 18.2. The Morgan fingerprint density at radius 1 is 1.58 bits per heavy atom. The van der Waals surface area contributed by atoms with E-state index in [0.29, 0.717) is 6.54 Å². The molecule has 2 unspecified atom stereocenters. The number of carbonyl (C=O) groups is 1. The van der Waals surface area contributed by atoms with Crippen molar-refractivity contribution in [1.82, 2.24) is 15.6 Å². The number of amides is 1. The Labute approximate surface area is 114 Å². The molecule has 104 valence electrons. The van der Waals surface area contributed by atoms with Crippen molar-refractivity contribution in [3.05, 3.63) is 24.0 Å². The van der Waals surface area contributed by atoms with E-state index in [-0.39, 0.29) is 18.0 Å². The molecule has 5 nitrogen and oxygen atoms in total. The lowest BCUT2D eigenvalue weighted by molar-refractivity contribution is -0.122. The van der Waals surface area contributed by atoms with E-state index in [1.165, 1.54) is 0 Å². The molecule has 2 N–H and O–H groups in total. The minimum Gasteiger partial charge on any atom is -0.357 e. The first-order chi connectivity index (χ1) is 9.13. The van der Waals surface area contributed by atoms with Crippen LogP contribution in [0.15, 0.2) is 18.3 Å². The molecule has 0 aliphatic carbocycles. The van der Waals surface area contributed by atoms with Crippen LogP contribution in [0.25, 0.3) is 0 Å². The average molecular weight is 262 g/mol. The van der Waals surface area contributed by atoms with Gasteiger partial charge in [-0.1, -0.05) is 6.92 Å². The van der Waals surface area contributed by atoms with Gasteiger partial charge in [-0.3, -0.25) is 9.78 Å². The van der Waals surface area contributed by atoms with Crippen molar-refractivity contribution in [2.75, 3.05) is 24.5 Å². The summed E-state index contributed by atoms with van der Waals surface area (Å²) in [6.45, 7) is 8.55. The van der Waals surface area contributed by atoms with E-state index in [0.717, 1.165) is 24.5 Å². The third kappa shape index (κ3) is 3.04. The van der Waals surface area contributed by atoms with Gasteiger partial charge in [-0.25, -0.2) is 0 Å². The van der Waals surface area contributed by atoms with Crippen molar-refractivity contribution in [3.8, 4) is 0 Å². The van der Waals surface area contributed by atoms with Crippen LogP contribution in [0, 0.1) is 0 Å². The highest BCUT2D eigenvalue weighted by Crippen LogP contribution is 2.19. The second kappa shape index (κ2) is 6.02. The number of rotatable bonds is 4. The monoisotopic (exact) mass is 262 g/mol. The number of anilines is 1. The molecule has 1 aliphatic heterocycles. The maximum atomic E-state index is 11.7. The van der Waals surface area contributed by atoms with Crippen LogP contribution >= 0.6 is 0 Å². The van der Waals surface area contributed by atoms with E-state index in [1.807, 2.05) is 25.3 Å². The van der Waals surface area contributed by atoms with Gasteiger partial charge in [0.15, 0.2) is 0 Å². The van der Waals surface area contributed by atoms with Crippen molar-refractivity contribution in [3.63, 3.8) is 0 Å². The van der Waals surface area contributed by atoms with E-state index in [9.17, 15) is 4.79 Å². The molecule has 2 rings (SSSR count). The van der Waals surface area contributed by atoms with E-state index in [2.05, 4.69) is 34.4 Å². The van der Waals surface area contributed by atoms with Crippen molar-refractivity contribution in [1.29, 1.82) is 0 Å². The molecule has 19 heavy (non-hydrogen) atoms. The zero-order valence-corrected chi connectivity index (χ0v) is 11.8. The van der Waals surface area contributed by atoms with Crippen molar-refractivity contribution < 1.29 is 4.79 Å². The van der Waals surface area contributed by atoms with E-state index >= 15 is 0 Å². The Morgan fingerprint density at radius 2 is 2.37 bits per heavy atom. The molecule has 5 heteroatoms. The van der Waals surface area contributed by atoms with Gasteiger partial charge in [-0.15, -0.1) is 0 Å². The highest BCUT2D eigenvalue weighted by atomic mass is 16.2. The normalized spacial score (nSPS) is 21.1. The largest absolute Gasteiger partial charge is 0.357 e. The minimum absolute atomic E-state index is 0.0799. The van der Waals surface area contributed by atoms with Crippen LogP contribution in [0.1, 0.15) is 32.5 Å². The second-order valence-electron chi connectivity index (χ2n) is 4.88. The van der Waals surface area contributed by atoms with Gasteiger partial charge >= 0.3 is 0 Å². The second-order valence-corrected chi connectivity index (χ2v) is 4.88. The molecule has 1 aliphatic rings. The first-order valence-electron chi connectivity index (χ1n) is 6.87. The number of carbonyl (C=O) groups excluding carboxylic acids is 1. The Morgan fingerprint density at radius 3 is 3.00 bits per heavy atom. The van der Waals surface area contributed by atoms with Crippen LogP contribution in [0.5, 0.6) is 0 Å². The fourth-order valence-electron chi connectivity index (χ4n) is 2.37. The van der Waals surface area contributed by atoms with Gasteiger partial charge in [-0.05, 0) is 32.5 Å². The SMILES string of the molecule is CCNC(C)c1ccc(N2CCNC(=O)C2C)cn1. The molecule has 0 saturated carbocycles. The summed E-state index contributed by atoms with van der Waals surface area (Å²) in [6.07, 6.45) is 1.86. The van der Waals surface area contributed by atoms with Gasteiger partial charge < -0.3 is 15.5 Å². The van der Waals surface area contributed by atoms with Gasteiger partial charge in [0.2, 0.25) is 5.91 Å². The fourth-order valence-corrected chi connectivity index (χ4v) is 2.37. The summed E-state index contributed by atoms with van der Waals surface area (Å²) < 4.78 is 0. The topological polar surface area (TPSA) is 57.3 Å². The predicted molar refractivity (Wildman–Crippen MR) is 76.1 cm³/mol. The van der Waals surface area contributed by atoms with E-state index in [1.54, 1.807) is 0 Å². The van der Waals surface area contributed by atoms with Crippen LogP contribution < -0.4 is 15.5 Å². The van der Waals surface area contributed by atoms with Gasteiger partial charge in [0.05, 0.1) is 17.6 Å². The van der Waals surface area contributed by atoms with E-state index in [4.69, 9.17) is 0 Å². The first kappa shape index (κ1) is 13.8. The Hall–Kier alpha value is -1.62. The van der Waals surface area contributed by atoms with Crippen molar-refractivity contribution in [2.24, 2.45) is 0 Å². The third-order valence-electron chi connectivity index (χ3n) is 3.56. The summed E-state index contributed by atoms with van der Waals surface area (Å²) in [7, 11) is 0. The molecule has 1 amide bonds. The van der Waals surface area contributed by atoms with Crippen molar-refractivity contribution >= 4 is 11.6 Å². The summed E-state index contributed by atoms with van der Waals surface area (Å²) in [5.41, 5.74) is 2.04. The molecule has 0 radical (unpaired) electrons. The summed E-state index contributed by atoms with van der Waals surface area (Å²) in [5, 5.41) is 6.20. The quantitative estimate of drug-likeness (QED) is 0.852. The minimum atomic E-state index is -0.132. The molecule has 1 aromatic heterocycles. The van der Waals surface area contributed by atoms with Gasteiger partial charge in [0.25, 0.3) is 0 Å². The Kier molecular flexibility index (Phi) is 4.37. The van der Waals surface area contributed by atoms with Crippen LogP contribution in [-0.2, 0) is 4.79 Å². The Balaban J connectivity index is 2.11. The smallest absolute Gasteiger partial charge is 0.242 e. The summed E-state index contributed by atoms with van der Waals surface area (Å²) >= 11 is 0. The highest BCUT2D eigenvalue weighted by molar-refractivity contribution is 5.86. The molecule has 1 fully saturated rings. The molecular weight excluding hydrogens is 240 g/mol. The van der Waals surface area contributed by atoms with Gasteiger partial charge in [0, 0.05) is 19.1 Å². The fraction of sp³-hybridized carbons (Fsp3) is 0.571. The lowest BCUT2D eigenvalue weighted by Crippen LogP contribution is -2.54. The number of pyridine rings is 1. The lowest BCUT2D eigenvalue weighted by atomic mass is 10.1. The predicted octanol–water partition coefficient (Wildman–Crippen LogP) is 1.08. The summed E-state index contributed by atoms with van der Waals surface area (Å²) in [5.74, 6) is 0.0799. The number of hydrogen-bond acceptors (Lipinski definition) is 4. The van der Waals surface area contributed by atoms with Crippen LogP contribution in [0.3, 0.4) is 0 Å². The molecule has 1 aromatic rings. The zero-order chi connectivity index (χ0) is 13.8. The van der Waals surface area contributed by atoms with E-state index < -0.39 is 0 Å². The lowest BCUT2D eigenvalue weighted by Gasteiger charge is -2.34. The Bertz CT molecular complexity index is 432. The zero-order valence-electron chi connectivity index (χ0n) is 11.8. The number of aromatic nitrogens is 1. The maximum Gasteiger partial charge on any atom is 0.242 e. The first-order valence-corrected chi connectivity index (χ1v) is 6.87.